The summed E-state index contributed by atoms with van der Waals surface area (Å²) in [4.78, 5) is 12.2. The number of nitrogens with one attached hydrogen (secondary N) is 1. The Labute approximate surface area is 139 Å². The van der Waals surface area contributed by atoms with Gasteiger partial charge in [0.15, 0.2) is 0 Å². The Morgan fingerprint density at radius 3 is 2.29 bits per heavy atom. The minimum atomic E-state index is -0.471. The third kappa shape index (κ3) is 3.60. The number of furan rings is 1. The van der Waals surface area contributed by atoms with E-state index in [1.807, 2.05) is 60.7 Å². The van der Waals surface area contributed by atoms with Crippen molar-refractivity contribution in [1.82, 2.24) is 0 Å². The highest BCUT2D eigenvalue weighted by molar-refractivity contribution is 6.09. The van der Waals surface area contributed by atoms with Crippen LogP contribution < -0.4 is 5.32 Å². The van der Waals surface area contributed by atoms with Crippen LogP contribution in [0.5, 0.6) is 0 Å². The molecule has 0 spiro atoms. The summed E-state index contributed by atoms with van der Waals surface area (Å²) in [5.41, 5.74) is 1.55. The normalized spacial score (nSPS) is 10.9. The zero-order valence-electron chi connectivity index (χ0n) is 12.8. The Bertz CT molecular complexity index is 904. The number of hydrogen-bond donors (Lipinski definition) is 1. The predicted octanol–water partition coefficient (Wildman–Crippen LogP) is 4.49. The van der Waals surface area contributed by atoms with Crippen molar-refractivity contribution in [2.24, 2.45) is 0 Å². The molecule has 1 aromatic heterocycles. The van der Waals surface area contributed by atoms with Crippen molar-refractivity contribution in [3.8, 4) is 17.4 Å². The summed E-state index contributed by atoms with van der Waals surface area (Å²) < 4.78 is 5.69. The van der Waals surface area contributed by atoms with Crippen molar-refractivity contribution < 1.29 is 9.21 Å². The third-order valence-electron chi connectivity index (χ3n) is 3.37. The quantitative estimate of drug-likeness (QED) is 0.570. The van der Waals surface area contributed by atoms with E-state index in [1.165, 1.54) is 6.08 Å². The molecule has 1 heterocycles. The molecule has 0 radical (unpaired) electrons. The zero-order valence-corrected chi connectivity index (χ0v) is 12.8. The number of benzene rings is 2. The van der Waals surface area contributed by atoms with Gasteiger partial charge in [-0.05, 0) is 24.3 Å². The summed E-state index contributed by atoms with van der Waals surface area (Å²) in [5, 5.41) is 11.9. The van der Waals surface area contributed by atoms with E-state index in [2.05, 4.69) is 5.32 Å². The highest BCUT2D eigenvalue weighted by Crippen LogP contribution is 2.23. The minimum absolute atomic E-state index is 0.0205. The maximum absolute atomic E-state index is 12.2. The van der Waals surface area contributed by atoms with Gasteiger partial charge in [0, 0.05) is 17.3 Å². The topological polar surface area (TPSA) is 66.0 Å². The number of nitriles is 1. The standard InChI is InChI=1S/C20H14N2O2/c21-14-16(20(23)22-17-9-5-2-6-10-17)13-18-11-12-19(24-18)15-7-3-1-4-8-15/h1-13H,(H,22,23). The van der Waals surface area contributed by atoms with Crippen LogP contribution in [0.1, 0.15) is 5.76 Å². The fraction of sp³-hybridized carbons (Fsp3) is 0. The average Bonchev–Trinajstić information content (AvgIpc) is 3.10. The van der Waals surface area contributed by atoms with Gasteiger partial charge in [0.25, 0.3) is 5.91 Å². The molecule has 24 heavy (non-hydrogen) atoms. The fourth-order valence-corrected chi connectivity index (χ4v) is 2.20. The number of para-hydroxylation sites is 1. The van der Waals surface area contributed by atoms with Crippen LogP contribution in [0.15, 0.2) is 82.8 Å². The van der Waals surface area contributed by atoms with E-state index in [0.29, 0.717) is 17.2 Å². The van der Waals surface area contributed by atoms with Gasteiger partial charge in [0.05, 0.1) is 0 Å². The monoisotopic (exact) mass is 314 g/mol. The lowest BCUT2D eigenvalue weighted by Gasteiger charge is -2.03. The van der Waals surface area contributed by atoms with Crippen molar-refractivity contribution in [2.75, 3.05) is 5.32 Å². The molecule has 0 saturated carbocycles. The highest BCUT2D eigenvalue weighted by Gasteiger charge is 2.11. The molecule has 0 aliphatic carbocycles. The van der Waals surface area contributed by atoms with Crippen LogP contribution in [-0.4, -0.2) is 5.91 Å². The van der Waals surface area contributed by atoms with E-state index in [9.17, 15) is 10.1 Å². The number of rotatable bonds is 4. The van der Waals surface area contributed by atoms with Crippen LogP contribution in [0.25, 0.3) is 17.4 Å². The number of nitrogens with zero attached hydrogens (tertiary/aromatic N) is 1. The Balaban J connectivity index is 1.80. The molecule has 0 saturated heterocycles. The second kappa shape index (κ2) is 7.12. The zero-order chi connectivity index (χ0) is 16.8. The van der Waals surface area contributed by atoms with Gasteiger partial charge in [0.1, 0.15) is 23.2 Å². The smallest absolute Gasteiger partial charge is 0.266 e. The van der Waals surface area contributed by atoms with Crippen molar-refractivity contribution >= 4 is 17.7 Å². The van der Waals surface area contributed by atoms with Gasteiger partial charge in [0.2, 0.25) is 0 Å². The van der Waals surface area contributed by atoms with Crippen LogP contribution >= 0.6 is 0 Å². The molecule has 0 fully saturated rings. The fourth-order valence-electron chi connectivity index (χ4n) is 2.20. The summed E-state index contributed by atoms with van der Waals surface area (Å²) >= 11 is 0. The maximum Gasteiger partial charge on any atom is 0.266 e. The van der Waals surface area contributed by atoms with Crippen molar-refractivity contribution in [3.05, 3.63) is 84.1 Å². The molecule has 1 N–H and O–H groups in total. The first-order valence-electron chi connectivity index (χ1n) is 7.40. The number of carbonyl (C=O) groups is 1. The number of hydrogen-bond acceptors (Lipinski definition) is 3. The van der Waals surface area contributed by atoms with Crippen molar-refractivity contribution in [1.29, 1.82) is 5.26 Å². The second-order valence-corrected chi connectivity index (χ2v) is 5.06. The first kappa shape index (κ1) is 15.3. The SMILES string of the molecule is N#CC(=Cc1ccc(-c2ccccc2)o1)C(=O)Nc1ccccc1. The molecule has 2 aromatic carbocycles. The molecule has 3 aromatic rings. The van der Waals surface area contributed by atoms with Gasteiger partial charge < -0.3 is 9.73 Å². The molecule has 0 aliphatic rings. The lowest BCUT2D eigenvalue weighted by atomic mass is 10.2. The Morgan fingerprint density at radius 1 is 0.958 bits per heavy atom. The maximum atomic E-state index is 12.2. The molecule has 4 heteroatoms. The third-order valence-corrected chi connectivity index (χ3v) is 3.37. The Hall–Kier alpha value is -3.58. The van der Waals surface area contributed by atoms with Gasteiger partial charge in [-0.3, -0.25) is 4.79 Å². The van der Waals surface area contributed by atoms with Crippen LogP contribution in [0.3, 0.4) is 0 Å². The van der Waals surface area contributed by atoms with Gasteiger partial charge >= 0.3 is 0 Å². The number of amides is 1. The molecule has 3 rings (SSSR count). The van der Waals surface area contributed by atoms with Gasteiger partial charge in [-0.2, -0.15) is 5.26 Å². The molecular formula is C20H14N2O2. The summed E-state index contributed by atoms with van der Waals surface area (Å²) in [7, 11) is 0. The van der Waals surface area contributed by atoms with E-state index in [1.54, 1.807) is 18.2 Å². The summed E-state index contributed by atoms with van der Waals surface area (Å²) in [5.74, 6) is 0.664. The number of carbonyl (C=O) groups excluding carboxylic acids is 1. The lowest BCUT2D eigenvalue weighted by Crippen LogP contribution is -2.13. The van der Waals surface area contributed by atoms with Gasteiger partial charge in [-0.15, -0.1) is 0 Å². The van der Waals surface area contributed by atoms with Crippen LogP contribution in [-0.2, 0) is 4.79 Å². The molecule has 0 aliphatic heterocycles. The van der Waals surface area contributed by atoms with Crippen molar-refractivity contribution in [3.63, 3.8) is 0 Å². The van der Waals surface area contributed by atoms with Crippen LogP contribution in [0, 0.1) is 11.3 Å². The number of anilines is 1. The van der Waals surface area contributed by atoms with Crippen molar-refractivity contribution in [2.45, 2.75) is 0 Å². The first-order chi connectivity index (χ1) is 11.8. The first-order valence-corrected chi connectivity index (χ1v) is 7.40. The molecule has 0 bridgehead atoms. The predicted molar refractivity (Wildman–Crippen MR) is 92.8 cm³/mol. The van der Waals surface area contributed by atoms with Gasteiger partial charge in [-0.1, -0.05) is 48.5 Å². The van der Waals surface area contributed by atoms with E-state index < -0.39 is 5.91 Å². The molecule has 4 nitrogen and oxygen atoms in total. The average molecular weight is 314 g/mol. The molecular weight excluding hydrogens is 300 g/mol. The van der Waals surface area contributed by atoms with E-state index >= 15 is 0 Å². The lowest BCUT2D eigenvalue weighted by molar-refractivity contribution is -0.112. The van der Waals surface area contributed by atoms with Gasteiger partial charge in [-0.25, -0.2) is 0 Å². The largest absolute Gasteiger partial charge is 0.457 e. The minimum Gasteiger partial charge on any atom is -0.457 e. The molecule has 1 amide bonds. The molecule has 0 atom stereocenters. The van der Waals surface area contributed by atoms with Crippen LogP contribution in [0.4, 0.5) is 5.69 Å². The second-order valence-electron chi connectivity index (χ2n) is 5.06. The summed E-state index contributed by atoms with van der Waals surface area (Å²) in [6.45, 7) is 0. The summed E-state index contributed by atoms with van der Waals surface area (Å²) in [6.07, 6.45) is 1.44. The Morgan fingerprint density at radius 2 is 1.62 bits per heavy atom. The Kier molecular flexibility index (Phi) is 4.55. The highest BCUT2D eigenvalue weighted by atomic mass is 16.3. The van der Waals surface area contributed by atoms with E-state index in [0.717, 1.165) is 5.56 Å². The van der Waals surface area contributed by atoms with Crippen LogP contribution in [0.2, 0.25) is 0 Å². The van der Waals surface area contributed by atoms with E-state index in [-0.39, 0.29) is 5.57 Å². The van der Waals surface area contributed by atoms with E-state index in [4.69, 9.17) is 4.42 Å². The molecule has 116 valence electrons. The summed E-state index contributed by atoms with van der Waals surface area (Å²) in [6, 6.07) is 24.1. The molecule has 0 unspecified atom stereocenters.